The number of esters is 1. The van der Waals surface area contributed by atoms with E-state index in [0.29, 0.717) is 0 Å². The number of rotatable bonds is 7. The van der Waals surface area contributed by atoms with Crippen LogP contribution in [-0.2, 0) is 20.9 Å². The quantitative estimate of drug-likeness (QED) is 0.376. The van der Waals surface area contributed by atoms with Crippen molar-refractivity contribution in [1.82, 2.24) is 10.2 Å². The maximum atomic E-state index is 13.6. The summed E-state index contributed by atoms with van der Waals surface area (Å²) in [6, 6.07) is 18.9. The van der Waals surface area contributed by atoms with Crippen LogP contribution >= 0.6 is 11.8 Å². The van der Waals surface area contributed by atoms with E-state index < -0.39 is 39.2 Å². The summed E-state index contributed by atoms with van der Waals surface area (Å²) in [5, 5.41) is 13.3. The van der Waals surface area contributed by atoms with Gasteiger partial charge >= 0.3 is 11.9 Å². The molecule has 0 radical (unpaired) electrons. The summed E-state index contributed by atoms with van der Waals surface area (Å²) in [5.74, 6) is -1.32. The SMILES string of the molecule is CC(C)(C)C1(CC(=O)O)NC(C(=O)OC(N)c2ccccc2)C2(CCN(Cc3ccccc3)CC2)S1. The molecule has 0 amide bonds. The third kappa shape index (κ3) is 5.62. The molecule has 0 aliphatic carbocycles. The van der Waals surface area contributed by atoms with Crippen molar-refractivity contribution < 1.29 is 19.4 Å². The lowest BCUT2D eigenvalue weighted by Gasteiger charge is -2.44. The summed E-state index contributed by atoms with van der Waals surface area (Å²) >= 11 is 1.62. The van der Waals surface area contributed by atoms with Crippen molar-refractivity contribution in [3.05, 3.63) is 71.8 Å². The predicted octanol–water partition coefficient (Wildman–Crippen LogP) is 4.14. The number of nitrogens with zero attached hydrogens (tertiary/aromatic N) is 1. The number of carbonyl (C=O) groups is 2. The minimum atomic E-state index is -0.892. The van der Waals surface area contributed by atoms with Gasteiger partial charge in [-0.3, -0.25) is 25.5 Å². The number of aliphatic carboxylic acids is 1. The molecule has 0 aromatic heterocycles. The number of ether oxygens (including phenoxy) is 1. The summed E-state index contributed by atoms with van der Waals surface area (Å²) in [5.41, 5.74) is 7.80. The molecule has 2 aliphatic rings. The third-order valence-corrected chi connectivity index (χ3v) is 9.72. The Kier molecular flexibility index (Phi) is 7.80. The Morgan fingerprint density at radius 2 is 1.69 bits per heavy atom. The van der Waals surface area contributed by atoms with Crippen LogP contribution in [0, 0.1) is 5.41 Å². The zero-order valence-corrected chi connectivity index (χ0v) is 22.1. The normalized spacial score (nSPS) is 24.9. The van der Waals surface area contributed by atoms with E-state index in [1.165, 1.54) is 5.56 Å². The zero-order chi connectivity index (χ0) is 26.0. The molecule has 2 aromatic carbocycles. The average molecular weight is 512 g/mol. The highest BCUT2D eigenvalue weighted by Crippen LogP contribution is 2.58. The number of piperidine rings is 1. The summed E-state index contributed by atoms with van der Waals surface area (Å²) < 4.78 is 5.30. The summed E-state index contributed by atoms with van der Waals surface area (Å²) in [4.78, 5) is 27.2. The highest BCUT2D eigenvalue weighted by atomic mass is 32.2. The van der Waals surface area contributed by atoms with Crippen LogP contribution in [0.2, 0.25) is 0 Å². The number of benzene rings is 2. The van der Waals surface area contributed by atoms with Crippen LogP contribution in [0.3, 0.4) is 0 Å². The lowest BCUT2D eigenvalue weighted by molar-refractivity contribution is -0.154. The molecule has 2 saturated heterocycles. The standard InChI is InChI=1S/C28H37N3O4S/c1-26(2,3)28(18-22(32)33)30-23(25(34)35-24(29)21-12-8-5-9-13-21)27(36-28)14-16-31(17-15-27)19-20-10-6-4-7-11-20/h4-13,23-24,30H,14-19,29H2,1-3H3,(H,32,33). The van der Waals surface area contributed by atoms with Crippen molar-refractivity contribution in [1.29, 1.82) is 0 Å². The van der Waals surface area contributed by atoms with E-state index >= 15 is 0 Å². The first-order valence-electron chi connectivity index (χ1n) is 12.5. The number of hydrogen-bond acceptors (Lipinski definition) is 7. The number of thioether (sulfide) groups is 1. The van der Waals surface area contributed by atoms with Crippen molar-refractivity contribution in [3.63, 3.8) is 0 Å². The van der Waals surface area contributed by atoms with Gasteiger partial charge in [0.25, 0.3) is 0 Å². The molecule has 2 fully saturated rings. The molecule has 0 saturated carbocycles. The molecule has 2 aliphatic heterocycles. The number of nitrogens with one attached hydrogen (secondary N) is 1. The van der Waals surface area contributed by atoms with Gasteiger partial charge in [-0.15, -0.1) is 11.8 Å². The summed E-state index contributed by atoms with van der Waals surface area (Å²) in [7, 11) is 0. The number of hydrogen-bond donors (Lipinski definition) is 3. The molecular weight excluding hydrogens is 474 g/mol. The molecule has 0 bridgehead atoms. The van der Waals surface area contributed by atoms with Crippen LogP contribution in [0.5, 0.6) is 0 Å². The lowest BCUT2D eigenvalue weighted by Crippen LogP contribution is -2.57. The van der Waals surface area contributed by atoms with Crippen LogP contribution in [0.15, 0.2) is 60.7 Å². The van der Waals surface area contributed by atoms with Gasteiger partial charge in [0.2, 0.25) is 0 Å². The second-order valence-corrected chi connectivity index (χ2v) is 12.6. The predicted molar refractivity (Wildman–Crippen MR) is 142 cm³/mol. The van der Waals surface area contributed by atoms with Crippen molar-refractivity contribution in [2.24, 2.45) is 11.1 Å². The van der Waals surface area contributed by atoms with Crippen molar-refractivity contribution in [2.45, 2.75) is 68.5 Å². The molecule has 8 heteroatoms. The Hall–Kier alpha value is -2.39. The highest BCUT2D eigenvalue weighted by molar-refractivity contribution is 8.02. The second-order valence-electron chi connectivity index (χ2n) is 10.9. The van der Waals surface area contributed by atoms with E-state index in [-0.39, 0.29) is 6.42 Å². The van der Waals surface area contributed by atoms with Crippen LogP contribution in [0.1, 0.15) is 57.4 Å². The van der Waals surface area contributed by atoms with E-state index in [4.69, 9.17) is 10.5 Å². The van der Waals surface area contributed by atoms with E-state index in [9.17, 15) is 14.7 Å². The lowest BCUT2D eigenvalue weighted by atomic mass is 9.82. The van der Waals surface area contributed by atoms with Gasteiger partial charge in [-0.2, -0.15) is 0 Å². The van der Waals surface area contributed by atoms with Gasteiger partial charge in [0.05, 0.1) is 11.3 Å². The molecular formula is C28H37N3O4S. The zero-order valence-electron chi connectivity index (χ0n) is 21.3. The molecule has 2 aromatic rings. The highest BCUT2D eigenvalue weighted by Gasteiger charge is 2.63. The van der Waals surface area contributed by atoms with Gasteiger partial charge in [-0.1, -0.05) is 81.4 Å². The van der Waals surface area contributed by atoms with Crippen LogP contribution in [0.4, 0.5) is 0 Å². The molecule has 194 valence electrons. The molecule has 7 nitrogen and oxygen atoms in total. The minimum absolute atomic E-state index is 0.0921. The number of carboxylic acids is 1. The van der Waals surface area contributed by atoms with E-state index in [2.05, 4.69) is 22.3 Å². The van der Waals surface area contributed by atoms with Crippen LogP contribution < -0.4 is 11.1 Å². The fourth-order valence-corrected chi connectivity index (χ4v) is 7.27. The van der Waals surface area contributed by atoms with Gasteiger partial charge in [0, 0.05) is 16.9 Å². The Balaban J connectivity index is 1.58. The first-order chi connectivity index (χ1) is 17.0. The first-order valence-corrected chi connectivity index (χ1v) is 13.3. The van der Waals surface area contributed by atoms with E-state index in [1.807, 2.05) is 69.3 Å². The molecule has 36 heavy (non-hydrogen) atoms. The Bertz CT molecular complexity index is 1050. The fourth-order valence-electron chi connectivity index (χ4n) is 5.23. The van der Waals surface area contributed by atoms with Crippen LogP contribution in [0.25, 0.3) is 0 Å². The monoisotopic (exact) mass is 511 g/mol. The smallest absolute Gasteiger partial charge is 0.326 e. The average Bonchev–Trinajstić information content (AvgIpc) is 3.16. The molecule has 3 unspecified atom stereocenters. The van der Waals surface area contributed by atoms with Crippen LogP contribution in [-0.4, -0.2) is 50.7 Å². The molecule has 4 rings (SSSR count). The van der Waals surface area contributed by atoms with Crippen molar-refractivity contribution >= 4 is 23.7 Å². The van der Waals surface area contributed by atoms with Gasteiger partial charge in [-0.05, 0) is 36.9 Å². The maximum absolute atomic E-state index is 13.6. The summed E-state index contributed by atoms with van der Waals surface area (Å²) in [6.07, 6.45) is 0.514. The fraction of sp³-hybridized carbons (Fsp3) is 0.500. The van der Waals surface area contributed by atoms with E-state index in [1.54, 1.807) is 11.8 Å². The number of carbonyl (C=O) groups excluding carboxylic acids is 1. The number of nitrogens with two attached hydrogens (primary N) is 1. The molecule has 1 spiro atoms. The topological polar surface area (TPSA) is 105 Å². The minimum Gasteiger partial charge on any atom is -0.481 e. The van der Waals surface area contributed by atoms with Gasteiger partial charge in [0.15, 0.2) is 6.23 Å². The molecule has 4 N–H and O–H groups in total. The number of carboxylic acid groups (broad SMARTS) is 1. The van der Waals surface area contributed by atoms with Crippen molar-refractivity contribution in [3.8, 4) is 0 Å². The first kappa shape index (κ1) is 26.7. The largest absolute Gasteiger partial charge is 0.481 e. The number of likely N-dealkylation sites (tertiary alicyclic amines) is 1. The molecule has 2 heterocycles. The molecule has 3 atom stereocenters. The maximum Gasteiger partial charge on any atom is 0.326 e. The van der Waals surface area contributed by atoms with E-state index in [0.717, 1.165) is 38.0 Å². The second kappa shape index (κ2) is 10.5. The Labute approximate surface area is 217 Å². The van der Waals surface area contributed by atoms with Gasteiger partial charge in [0.1, 0.15) is 6.04 Å². The van der Waals surface area contributed by atoms with Crippen molar-refractivity contribution in [2.75, 3.05) is 13.1 Å². The van der Waals surface area contributed by atoms with Gasteiger partial charge < -0.3 is 9.84 Å². The Morgan fingerprint density at radius 1 is 1.11 bits per heavy atom. The Morgan fingerprint density at radius 3 is 2.25 bits per heavy atom. The third-order valence-electron chi connectivity index (χ3n) is 7.45. The summed E-state index contributed by atoms with van der Waals surface area (Å²) in [6.45, 7) is 8.55. The van der Waals surface area contributed by atoms with Gasteiger partial charge in [-0.25, -0.2) is 0 Å².